The summed E-state index contributed by atoms with van der Waals surface area (Å²) in [5.41, 5.74) is 4.91. The Bertz CT molecular complexity index is 1120. The number of hydrogen-bond acceptors (Lipinski definition) is 4. The lowest BCUT2D eigenvalue weighted by molar-refractivity contribution is 0.0764. The van der Waals surface area contributed by atoms with Crippen LogP contribution in [-0.4, -0.2) is 25.0 Å². The smallest absolute Gasteiger partial charge is 0.336 e. The van der Waals surface area contributed by atoms with Gasteiger partial charge in [-0.05, 0) is 75.6 Å². The van der Waals surface area contributed by atoms with Crippen LogP contribution >= 0.6 is 0 Å². The van der Waals surface area contributed by atoms with Crippen LogP contribution in [0.3, 0.4) is 0 Å². The van der Waals surface area contributed by atoms with Crippen LogP contribution < -0.4 is 9.46 Å². The summed E-state index contributed by atoms with van der Waals surface area (Å²) in [6.07, 6.45) is -1.64. The van der Waals surface area contributed by atoms with Gasteiger partial charge < -0.3 is 4.74 Å². The molecule has 36 heavy (non-hydrogen) atoms. The first kappa shape index (κ1) is 30.0. The Morgan fingerprint density at radius 1 is 0.778 bits per heavy atom. The van der Waals surface area contributed by atoms with E-state index in [0.717, 1.165) is 27.8 Å². The lowest BCUT2D eigenvalue weighted by atomic mass is 9.88. The van der Waals surface area contributed by atoms with Gasteiger partial charge in [0.2, 0.25) is 12.0 Å². The molecule has 1 unspecified atom stereocenters. The van der Waals surface area contributed by atoms with Crippen molar-refractivity contribution in [2.24, 2.45) is 0 Å². The highest BCUT2D eigenvalue weighted by atomic mass is 32.2. The number of carbonyl (C=O) groups excluding carboxylic acids is 1. The second-order valence-corrected chi connectivity index (χ2v) is 12.2. The van der Waals surface area contributed by atoms with Gasteiger partial charge in [0.05, 0.1) is 0 Å². The molecule has 0 aromatic heterocycles. The van der Waals surface area contributed by atoms with Gasteiger partial charge >= 0.3 is 10.3 Å². The average Bonchev–Trinajstić information content (AvgIpc) is 2.76. The molecule has 0 aliphatic carbocycles. The normalized spacial score (nSPS) is 13.3. The molecule has 0 amide bonds. The van der Waals surface area contributed by atoms with Gasteiger partial charge in [0.15, 0.2) is 0 Å². The third-order valence-electron chi connectivity index (χ3n) is 6.25. The minimum absolute atomic E-state index is 0.0594. The quantitative estimate of drug-likeness (QED) is 0.189. The maximum Gasteiger partial charge on any atom is 0.336 e. The van der Waals surface area contributed by atoms with Crippen molar-refractivity contribution in [1.82, 2.24) is 4.72 Å². The molecule has 2 N–H and O–H groups in total. The first-order valence-corrected chi connectivity index (χ1v) is 14.2. The SMILES string of the molecule is CC(C)c1[c]c(C(C)C)cc(C(=O)C(NS(=O)(=O)O)Oc2c(C(C)C)cc(C(C)C)cc2C(C)C)c1. The number of ether oxygens (including phenoxy) is 1. The molecular weight excluding hydrogens is 474 g/mol. The molecule has 7 heteroatoms. The van der Waals surface area contributed by atoms with Crippen LogP contribution in [0.25, 0.3) is 0 Å². The number of ketones is 1. The summed E-state index contributed by atoms with van der Waals surface area (Å²) >= 11 is 0. The Kier molecular flexibility index (Phi) is 9.91. The van der Waals surface area contributed by atoms with E-state index >= 15 is 0 Å². The second-order valence-electron chi connectivity index (χ2n) is 11.0. The van der Waals surface area contributed by atoms with Crippen molar-refractivity contribution >= 4 is 16.1 Å². The van der Waals surface area contributed by atoms with Crippen LogP contribution in [-0.2, 0) is 10.3 Å². The van der Waals surface area contributed by atoms with Crippen molar-refractivity contribution in [3.63, 3.8) is 0 Å². The van der Waals surface area contributed by atoms with E-state index in [-0.39, 0.29) is 29.6 Å². The fourth-order valence-corrected chi connectivity index (χ4v) is 4.37. The fraction of sp³-hybridized carbons (Fsp3) is 0.552. The summed E-state index contributed by atoms with van der Waals surface area (Å²) in [4.78, 5) is 13.7. The van der Waals surface area contributed by atoms with Crippen LogP contribution in [0.4, 0.5) is 0 Å². The fourth-order valence-electron chi connectivity index (χ4n) is 3.94. The molecule has 1 radical (unpaired) electrons. The Hall–Kier alpha value is -2.22. The van der Waals surface area contributed by atoms with Crippen LogP contribution in [0.15, 0.2) is 24.3 Å². The van der Waals surface area contributed by atoms with Crippen molar-refractivity contribution in [3.8, 4) is 5.75 Å². The largest absolute Gasteiger partial charge is 0.466 e. The molecule has 2 aromatic carbocycles. The van der Waals surface area contributed by atoms with Crippen LogP contribution in [0.1, 0.15) is 137 Å². The molecule has 0 saturated carbocycles. The highest BCUT2D eigenvalue weighted by molar-refractivity contribution is 7.83. The summed E-state index contributed by atoms with van der Waals surface area (Å²) < 4.78 is 41.7. The second kappa shape index (κ2) is 11.9. The zero-order valence-electron chi connectivity index (χ0n) is 23.3. The predicted octanol–water partition coefficient (Wildman–Crippen LogP) is 7.08. The molecule has 199 valence electrons. The van der Waals surface area contributed by atoms with Crippen molar-refractivity contribution in [3.05, 3.63) is 63.7 Å². The van der Waals surface area contributed by atoms with E-state index in [1.54, 1.807) is 12.1 Å². The van der Waals surface area contributed by atoms with Gasteiger partial charge in [-0.2, -0.15) is 8.42 Å². The Labute approximate surface area is 217 Å². The number of nitrogens with one attached hydrogen (secondary N) is 1. The van der Waals surface area contributed by atoms with E-state index in [2.05, 4.69) is 32.0 Å². The topological polar surface area (TPSA) is 92.7 Å². The minimum Gasteiger partial charge on any atom is -0.466 e. The number of benzene rings is 2. The average molecular weight is 517 g/mol. The third-order valence-corrected chi connectivity index (χ3v) is 6.76. The van der Waals surface area contributed by atoms with Gasteiger partial charge in [-0.1, -0.05) is 81.4 Å². The molecule has 2 aromatic rings. The minimum atomic E-state index is -4.74. The van der Waals surface area contributed by atoms with Gasteiger partial charge in [-0.15, -0.1) is 4.72 Å². The third kappa shape index (κ3) is 7.64. The Morgan fingerprint density at radius 3 is 1.56 bits per heavy atom. The van der Waals surface area contributed by atoms with Crippen LogP contribution in [0.2, 0.25) is 0 Å². The van der Waals surface area contributed by atoms with Gasteiger partial charge in [0.25, 0.3) is 0 Å². The van der Waals surface area contributed by atoms with Gasteiger partial charge in [0.1, 0.15) is 5.75 Å². The molecule has 0 aliphatic heterocycles. The highest BCUT2D eigenvalue weighted by Gasteiger charge is 2.30. The predicted molar refractivity (Wildman–Crippen MR) is 146 cm³/mol. The molecule has 0 aliphatic rings. The number of hydrogen-bond donors (Lipinski definition) is 2. The molecule has 1 atom stereocenters. The van der Waals surface area contributed by atoms with E-state index in [4.69, 9.17) is 4.74 Å². The molecule has 0 fully saturated rings. The molecule has 0 spiro atoms. The number of Topliss-reactive ketones (excluding diaryl/α,β-unsaturated/α-hetero) is 1. The summed E-state index contributed by atoms with van der Waals surface area (Å²) in [6, 6.07) is 10.9. The number of carbonyl (C=O) groups is 1. The standard InChI is InChI=1S/C29H42NO5S/c1-16(2)21-11-22(17(3)4)13-24(12-21)27(31)29(30-36(32,33)34)35-28-25(19(7)8)14-23(18(5)6)15-26(28)20(9)10/h12-20,29-30H,1-10H3,(H,32,33,34). The summed E-state index contributed by atoms with van der Waals surface area (Å²) in [5.74, 6) is 0.526. The van der Waals surface area contributed by atoms with E-state index in [1.165, 1.54) is 0 Å². The summed E-state index contributed by atoms with van der Waals surface area (Å²) in [7, 11) is -4.74. The van der Waals surface area contributed by atoms with E-state index in [9.17, 15) is 17.8 Å². The molecular formula is C29H42NO5S. The maximum atomic E-state index is 13.7. The first-order chi connectivity index (χ1) is 16.5. The van der Waals surface area contributed by atoms with Crippen molar-refractivity contribution in [2.45, 2.75) is 105 Å². The zero-order valence-corrected chi connectivity index (χ0v) is 24.1. The van der Waals surface area contributed by atoms with E-state index in [0.29, 0.717) is 11.3 Å². The van der Waals surface area contributed by atoms with Gasteiger partial charge in [-0.3, -0.25) is 9.35 Å². The highest BCUT2D eigenvalue weighted by Crippen LogP contribution is 2.38. The molecule has 6 nitrogen and oxygen atoms in total. The molecule has 0 bridgehead atoms. The Balaban J connectivity index is 2.71. The van der Waals surface area contributed by atoms with Gasteiger partial charge in [0, 0.05) is 5.56 Å². The molecule has 2 rings (SSSR count). The first-order valence-electron chi connectivity index (χ1n) is 12.7. The van der Waals surface area contributed by atoms with Crippen molar-refractivity contribution < 1.29 is 22.5 Å². The summed E-state index contributed by atoms with van der Waals surface area (Å²) in [5, 5.41) is 0. The lowest BCUT2D eigenvalue weighted by Gasteiger charge is -2.26. The van der Waals surface area contributed by atoms with E-state index in [1.807, 2.05) is 60.1 Å². The van der Waals surface area contributed by atoms with Crippen molar-refractivity contribution in [2.75, 3.05) is 0 Å². The molecule has 0 saturated heterocycles. The lowest BCUT2D eigenvalue weighted by Crippen LogP contribution is -2.45. The maximum absolute atomic E-state index is 13.7. The van der Waals surface area contributed by atoms with Crippen LogP contribution in [0, 0.1) is 6.07 Å². The monoisotopic (exact) mass is 516 g/mol. The van der Waals surface area contributed by atoms with E-state index < -0.39 is 22.3 Å². The van der Waals surface area contributed by atoms with Crippen molar-refractivity contribution in [1.29, 1.82) is 0 Å². The van der Waals surface area contributed by atoms with Crippen LogP contribution in [0.5, 0.6) is 5.75 Å². The Morgan fingerprint density at radius 2 is 1.22 bits per heavy atom. The number of rotatable bonds is 11. The zero-order chi connectivity index (χ0) is 27.5. The van der Waals surface area contributed by atoms with Gasteiger partial charge in [-0.25, -0.2) is 0 Å². The molecule has 0 heterocycles. The summed E-state index contributed by atoms with van der Waals surface area (Å²) in [6.45, 7) is 20.4.